The number of aromatic nitrogens is 1. The van der Waals surface area contributed by atoms with Crippen molar-refractivity contribution in [3.63, 3.8) is 0 Å². The smallest absolute Gasteiger partial charge is 0.328 e. The van der Waals surface area contributed by atoms with Gasteiger partial charge in [-0.2, -0.15) is 0 Å². The first-order chi connectivity index (χ1) is 16.5. The fraction of sp³-hybridized carbons (Fsp3) is 0.148. The number of nitrogens with zero attached hydrogens (tertiary/aromatic N) is 1. The van der Waals surface area contributed by atoms with Crippen molar-refractivity contribution < 1.29 is 14.3 Å². The number of nitrogens with one attached hydrogen (secondary N) is 2. The maximum Gasteiger partial charge on any atom is 0.328 e. The van der Waals surface area contributed by atoms with Gasteiger partial charge in [0.05, 0.1) is 12.8 Å². The molecular weight excluding hydrogens is 446 g/mol. The number of methoxy groups -OCH3 is 1. The second-order valence-corrected chi connectivity index (χ2v) is 8.94. The van der Waals surface area contributed by atoms with Gasteiger partial charge >= 0.3 is 5.97 Å². The van der Waals surface area contributed by atoms with Gasteiger partial charge in [0.2, 0.25) is 0 Å². The number of thiazole rings is 1. The fourth-order valence-corrected chi connectivity index (χ4v) is 4.46. The standard InChI is InChI=1S/C27H25N3O3S/c1-18-24(20-12-7-4-8-13-20)30-27(34-18)28-22-15-9-14-21(17-22)25(31)29-23(26(32)33-2)16-19-10-5-3-6-11-19/h3-15,17,23H,16H2,1-2H3,(H,28,30)(H,29,31)/t23-/m0/s1. The van der Waals surface area contributed by atoms with Crippen molar-refractivity contribution in [2.75, 3.05) is 12.4 Å². The Kier molecular flexibility index (Phi) is 7.34. The molecular formula is C27H25N3O3S. The molecule has 34 heavy (non-hydrogen) atoms. The summed E-state index contributed by atoms with van der Waals surface area (Å²) in [5, 5.41) is 6.84. The molecule has 0 saturated carbocycles. The lowest BCUT2D eigenvalue weighted by Crippen LogP contribution is -2.43. The van der Waals surface area contributed by atoms with Crippen LogP contribution in [0.4, 0.5) is 10.8 Å². The molecule has 1 heterocycles. The van der Waals surface area contributed by atoms with Gasteiger partial charge in [-0.15, -0.1) is 11.3 Å². The van der Waals surface area contributed by atoms with E-state index in [1.165, 1.54) is 7.11 Å². The summed E-state index contributed by atoms with van der Waals surface area (Å²) in [4.78, 5) is 31.1. The summed E-state index contributed by atoms with van der Waals surface area (Å²) in [6.07, 6.45) is 0.345. The number of esters is 1. The van der Waals surface area contributed by atoms with E-state index in [4.69, 9.17) is 9.72 Å². The van der Waals surface area contributed by atoms with E-state index in [2.05, 4.69) is 10.6 Å². The molecule has 1 amide bonds. The predicted molar refractivity (Wildman–Crippen MR) is 135 cm³/mol. The maximum absolute atomic E-state index is 13.0. The van der Waals surface area contributed by atoms with E-state index in [0.29, 0.717) is 12.0 Å². The van der Waals surface area contributed by atoms with Crippen LogP contribution in [0.15, 0.2) is 84.9 Å². The van der Waals surface area contributed by atoms with E-state index in [1.54, 1.807) is 29.5 Å². The molecule has 7 heteroatoms. The first-order valence-electron chi connectivity index (χ1n) is 10.9. The molecule has 2 N–H and O–H groups in total. The molecule has 0 bridgehead atoms. The van der Waals surface area contributed by atoms with Crippen molar-refractivity contribution in [3.8, 4) is 11.3 Å². The van der Waals surface area contributed by atoms with E-state index in [0.717, 1.165) is 32.5 Å². The highest BCUT2D eigenvalue weighted by atomic mass is 32.1. The second-order valence-electron chi connectivity index (χ2n) is 7.73. The Hall–Kier alpha value is -3.97. The van der Waals surface area contributed by atoms with E-state index in [9.17, 15) is 9.59 Å². The maximum atomic E-state index is 13.0. The lowest BCUT2D eigenvalue weighted by atomic mass is 10.1. The third-order valence-electron chi connectivity index (χ3n) is 5.29. The number of amides is 1. The molecule has 172 valence electrons. The minimum atomic E-state index is -0.786. The summed E-state index contributed by atoms with van der Waals surface area (Å²) >= 11 is 1.55. The van der Waals surface area contributed by atoms with E-state index in [-0.39, 0.29) is 5.91 Å². The number of benzene rings is 3. The van der Waals surface area contributed by atoms with Crippen LogP contribution < -0.4 is 10.6 Å². The fourth-order valence-electron chi connectivity index (χ4n) is 3.60. The number of hydrogen-bond donors (Lipinski definition) is 2. The van der Waals surface area contributed by atoms with E-state index in [1.807, 2.05) is 73.7 Å². The average molecular weight is 472 g/mol. The zero-order valence-electron chi connectivity index (χ0n) is 18.9. The second kappa shape index (κ2) is 10.8. The Labute approximate surface area is 202 Å². The minimum absolute atomic E-state index is 0.345. The van der Waals surface area contributed by atoms with Crippen LogP contribution in [-0.2, 0) is 16.0 Å². The van der Waals surface area contributed by atoms with Gasteiger partial charge in [0.1, 0.15) is 6.04 Å². The van der Waals surface area contributed by atoms with Crippen LogP contribution >= 0.6 is 11.3 Å². The molecule has 1 atom stereocenters. The van der Waals surface area contributed by atoms with E-state index >= 15 is 0 Å². The third kappa shape index (κ3) is 5.68. The van der Waals surface area contributed by atoms with Gasteiger partial charge in [0, 0.05) is 28.1 Å². The Morgan fingerprint density at radius 3 is 2.38 bits per heavy atom. The molecule has 1 aromatic heterocycles. The summed E-state index contributed by atoms with van der Waals surface area (Å²) in [7, 11) is 1.32. The number of hydrogen-bond acceptors (Lipinski definition) is 6. The monoisotopic (exact) mass is 471 g/mol. The first-order valence-corrected chi connectivity index (χ1v) is 11.7. The van der Waals surface area contributed by atoms with Crippen LogP contribution in [0.5, 0.6) is 0 Å². The first kappa shape index (κ1) is 23.2. The topological polar surface area (TPSA) is 80.3 Å². The number of aryl methyl sites for hydroxylation is 1. The highest BCUT2D eigenvalue weighted by Gasteiger charge is 2.23. The summed E-state index contributed by atoms with van der Waals surface area (Å²) < 4.78 is 4.90. The van der Waals surface area contributed by atoms with Gasteiger partial charge in [0.15, 0.2) is 5.13 Å². The number of carbonyl (C=O) groups is 2. The molecule has 0 aliphatic carbocycles. The Morgan fingerprint density at radius 2 is 1.68 bits per heavy atom. The van der Waals surface area contributed by atoms with Crippen LogP contribution in [0.2, 0.25) is 0 Å². The molecule has 0 aliphatic heterocycles. The van der Waals surface area contributed by atoms with Crippen molar-refractivity contribution in [1.29, 1.82) is 0 Å². The van der Waals surface area contributed by atoms with Crippen LogP contribution in [-0.4, -0.2) is 30.0 Å². The van der Waals surface area contributed by atoms with Gasteiger partial charge in [-0.3, -0.25) is 4.79 Å². The lowest BCUT2D eigenvalue weighted by molar-refractivity contribution is -0.142. The number of carbonyl (C=O) groups excluding carboxylic acids is 2. The Balaban J connectivity index is 1.48. The van der Waals surface area contributed by atoms with Crippen molar-refractivity contribution in [2.45, 2.75) is 19.4 Å². The van der Waals surface area contributed by atoms with Crippen molar-refractivity contribution in [2.24, 2.45) is 0 Å². The third-order valence-corrected chi connectivity index (χ3v) is 6.18. The van der Waals surface area contributed by atoms with Crippen LogP contribution in [0.1, 0.15) is 20.8 Å². The summed E-state index contributed by atoms with van der Waals surface area (Å²) in [5.41, 5.74) is 4.10. The van der Waals surface area contributed by atoms with Crippen LogP contribution in [0.3, 0.4) is 0 Å². The zero-order valence-corrected chi connectivity index (χ0v) is 19.8. The normalized spacial score (nSPS) is 11.5. The molecule has 0 unspecified atom stereocenters. The molecule has 3 aromatic carbocycles. The molecule has 0 radical (unpaired) electrons. The van der Waals surface area contributed by atoms with Gasteiger partial charge < -0.3 is 15.4 Å². The van der Waals surface area contributed by atoms with Crippen molar-refractivity contribution in [3.05, 3.63) is 101 Å². The quantitative estimate of drug-likeness (QED) is 0.338. The summed E-state index contributed by atoms with van der Waals surface area (Å²) in [5.74, 6) is -0.839. The molecule has 0 spiro atoms. The SMILES string of the molecule is COC(=O)[C@H](Cc1ccccc1)NC(=O)c1cccc(Nc2nc(-c3ccccc3)c(C)s2)c1. The van der Waals surface area contributed by atoms with Crippen molar-refractivity contribution >= 4 is 34.0 Å². The highest BCUT2D eigenvalue weighted by molar-refractivity contribution is 7.16. The summed E-state index contributed by atoms with van der Waals surface area (Å²) in [6.45, 7) is 2.04. The minimum Gasteiger partial charge on any atom is -0.467 e. The zero-order chi connectivity index (χ0) is 23.9. The van der Waals surface area contributed by atoms with Crippen molar-refractivity contribution in [1.82, 2.24) is 10.3 Å². The largest absolute Gasteiger partial charge is 0.467 e. The van der Waals surface area contributed by atoms with E-state index < -0.39 is 12.0 Å². The number of rotatable bonds is 8. The van der Waals surface area contributed by atoms with Gasteiger partial charge in [-0.05, 0) is 30.7 Å². The highest BCUT2D eigenvalue weighted by Crippen LogP contribution is 2.32. The summed E-state index contributed by atoms with van der Waals surface area (Å²) in [6, 6.07) is 25.9. The molecule has 4 rings (SSSR count). The van der Waals surface area contributed by atoms with Crippen LogP contribution in [0, 0.1) is 6.92 Å². The van der Waals surface area contributed by atoms with Crippen LogP contribution in [0.25, 0.3) is 11.3 Å². The van der Waals surface area contributed by atoms with Gasteiger partial charge in [-0.25, -0.2) is 9.78 Å². The molecule has 0 aliphatic rings. The van der Waals surface area contributed by atoms with Gasteiger partial charge in [0.25, 0.3) is 5.91 Å². The predicted octanol–water partition coefficient (Wildman–Crippen LogP) is 5.38. The van der Waals surface area contributed by atoms with Gasteiger partial charge in [-0.1, -0.05) is 66.7 Å². The Bertz CT molecular complexity index is 1270. The molecule has 0 fully saturated rings. The Morgan fingerprint density at radius 1 is 0.971 bits per heavy atom. The molecule has 6 nitrogen and oxygen atoms in total. The molecule has 4 aromatic rings. The molecule has 0 saturated heterocycles. The number of ether oxygens (including phenoxy) is 1. The lowest BCUT2D eigenvalue weighted by Gasteiger charge is -2.17. The average Bonchev–Trinajstić information content (AvgIpc) is 3.24. The number of anilines is 2.